The highest BCUT2D eigenvalue weighted by Gasteiger charge is 2.39. The summed E-state index contributed by atoms with van der Waals surface area (Å²) >= 11 is 0. The Hall–Kier alpha value is -4.09. The molecule has 39 heavy (non-hydrogen) atoms. The molecular formula is C28H32N8O3. The summed E-state index contributed by atoms with van der Waals surface area (Å²) in [7, 11) is 0. The molecule has 11 heteroatoms. The van der Waals surface area contributed by atoms with E-state index in [2.05, 4.69) is 25.6 Å². The van der Waals surface area contributed by atoms with Gasteiger partial charge in [0.1, 0.15) is 17.4 Å². The predicted octanol–water partition coefficient (Wildman–Crippen LogP) is 2.86. The number of aliphatic carboxylic acids is 1. The molecule has 0 spiro atoms. The van der Waals surface area contributed by atoms with E-state index >= 15 is 0 Å². The number of nitrogens with zero attached hydrogens (tertiary/aromatic N) is 6. The van der Waals surface area contributed by atoms with Crippen LogP contribution in [-0.2, 0) is 4.79 Å². The number of anilines is 1. The zero-order valence-electron chi connectivity index (χ0n) is 21.8. The van der Waals surface area contributed by atoms with Gasteiger partial charge in [0.05, 0.1) is 17.6 Å². The maximum atomic E-state index is 13.3. The van der Waals surface area contributed by atoms with Crippen LogP contribution in [0.25, 0.3) is 11.3 Å². The molecule has 2 aliphatic heterocycles. The fraction of sp³-hybridized carbons (Fsp3) is 0.393. The van der Waals surface area contributed by atoms with Crippen molar-refractivity contribution >= 4 is 23.3 Å². The van der Waals surface area contributed by atoms with Crippen LogP contribution in [0.3, 0.4) is 0 Å². The van der Waals surface area contributed by atoms with Gasteiger partial charge in [-0.3, -0.25) is 14.5 Å². The number of aryl methyl sites for hydroxylation is 1. The van der Waals surface area contributed by atoms with E-state index in [1.165, 1.54) is 6.20 Å². The van der Waals surface area contributed by atoms with Gasteiger partial charge >= 0.3 is 5.97 Å². The van der Waals surface area contributed by atoms with Gasteiger partial charge in [-0.05, 0) is 70.4 Å². The van der Waals surface area contributed by atoms with Crippen molar-refractivity contribution in [2.45, 2.75) is 50.6 Å². The van der Waals surface area contributed by atoms with Crippen LogP contribution < -0.4 is 10.6 Å². The smallest absolute Gasteiger partial charge is 0.320 e. The molecule has 3 aromatic heterocycles. The van der Waals surface area contributed by atoms with Gasteiger partial charge in [0, 0.05) is 30.4 Å². The van der Waals surface area contributed by atoms with Gasteiger partial charge in [-0.15, -0.1) is 0 Å². The molecule has 2 unspecified atom stereocenters. The van der Waals surface area contributed by atoms with E-state index in [-0.39, 0.29) is 17.9 Å². The standard InChI is InChI=1S/C28H32N8O3/c1-18-3-5-21(6-4-18)36-25(32-27(37)22-17-31-35-13-2-10-30-26(22)35)16-23(33-36)19-9-14-34(24(15-19)28(38)39)20-7-11-29-12-8-20/h2-6,10,13,16-17,19-20,24,29H,7-9,11-12,14-15H2,1H3,(H,32,37)(H,38,39). The Bertz CT molecular complexity index is 1490. The number of benzene rings is 1. The molecule has 2 aliphatic rings. The molecular weight excluding hydrogens is 496 g/mol. The number of aromatic nitrogens is 5. The Morgan fingerprint density at radius 3 is 2.69 bits per heavy atom. The number of piperidine rings is 2. The Labute approximate surface area is 225 Å². The van der Waals surface area contributed by atoms with Crippen LogP contribution in [0.2, 0.25) is 0 Å². The minimum absolute atomic E-state index is 0.0370. The lowest BCUT2D eigenvalue weighted by Crippen LogP contribution is -2.54. The predicted molar refractivity (Wildman–Crippen MR) is 145 cm³/mol. The third kappa shape index (κ3) is 5.02. The number of rotatable bonds is 6. The molecule has 1 aromatic carbocycles. The summed E-state index contributed by atoms with van der Waals surface area (Å²) in [5.74, 6) is -0.648. The molecule has 0 radical (unpaired) electrons. The van der Waals surface area contributed by atoms with E-state index in [0.29, 0.717) is 30.0 Å². The number of carbonyl (C=O) groups excluding carboxylic acids is 1. The van der Waals surface area contributed by atoms with E-state index < -0.39 is 12.0 Å². The summed E-state index contributed by atoms with van der Waals surface area (Å²) in [5, 5.41) is 25.6. The highest BCUT2D eigenvalue weighted by molar-refractivity contribution is 6.07. The molecule has 0 aliphatic carbocycles. The number of carboxylic acids is 1. The van der Waals surface area contributed by atoms with Gasteiger partial charge in [0.15, 0.2) is 5.65 Å². The van der Waals surface area contributed by atoms with Crippen LogP contribution >= 0.6 is 0 Å². The highest BCUT2D eigenvalue weighted by Crippen LogP contribution is 2.35. The topological polar surface area (TPSA) is 130 Å². The Balaban J connectivity index is 1.30. The molecule has 1 amide bonds. The molecule has 3 N–H and O–H groups in total. The third-order valence-corrected chi connectivity index (χ3v) is 7.90. The maximum absolute atomic E-state index is 13.3. The fourth-order valence-electron chi connectivity index (χ4n) is 5.81. The van der Waals surface area contributed by atoms with E-state index in [1.807, 2.05) is 37.3 Å². The summed E-state index contributed by atoms with van der Waals surface area (Å²) in [5.41, 5.74) is 3.52. The van der Waals surface area contributed by atoms with Gasteiger partial charge < -0.3 is 15.7 Å². The van der Waals surface area contributed by atoms with Crippen LogP contribution in [0.15, 0.2) is 55.0 Å². The third-order valence-electron chi connectivity index (χ3n) is 7.90. The maximum Gasteiger partial charge on any atom is 0.320 e. The van der Waals surface area contributed by atoms with Gasteiger partial charge in [-0.1, -0.05) is 17.7 Å². The minimum atomic E-state index is -0.787. The quantitative estimate of drug-likeness (QED) is 0.348. The van der Waals surface area contributed by atoms with Crippen LogP contribution in [0, 0.1) is 6.92 Å². The molecule has 0 bridgehead atoms. The van der Waals surface area contributed by atoms with E-state index in [0.717, 1.165) is 49.3 Å². The number of amides is 1. The van der Waals surface area contributed by atoms with Crippen molar-refractivity contribution < 1.29 is 14.7 Å². The van der Waals surface area contributed by atoms with Crippen molar-refractivity contribution in [2.75, 3.05) is 25.0 Å². The van der Waals surface area contributed by atoms with E-state index in [9.17, 15) is 14.7 Å². The number of fused-ring (bicyclic) bond motifs is 1. The molecule has 11 nitrogen and oxygen atoms in total. The SMILES string of the molecule is Cc1ccc(-n2nc(C3CCN(C4CCNCC4)C(C(=O)O)C3)cc2NC(=O)c2cnn3cccnc23)cc1. The molecule has 2 saturated heterocycles. The second kappa shape index (κ2) is 10.6. The monoisotopic (exact) mass is 528 g/mol. The molecule has 0 saturated carbocycles. The number of likely N-dealkylation sites (tertiary alicyclic amines) is 1. The zero-order valence-corrected chi connectivity index (χ0v) is 21.8. The normalized spacial score (nSPS) is 20.7. The summed E-state index contributed by atoms with van der Waals surface area (Å²) in [6.07, 6.45) is 8.08. The molecule has 4 aromatic rings. The van der Waals surface area contributed by atoms with Crippen LogP contribution in [-0.4, -0.2) is 78.0 Å². The molecule has 202 valence electrons. The number of hydrogen-bond donors (Lipinski definition) is 3. The number of carboxylic acid groups (broad SMARTS) is 1. The van der Waals surface area contributed by atoms with E-state index in [1.54, 1.807) is 27.7 Å². The average Bonchev–Trinajstić information content (AvgIpc) is 3.58. The lowest BCUT2D eigenvalue weighted by Gasteiger charge is -2.43. The van der Waals surface area contributed by atoms with Crippen LogP contribution in [0.1, 0.15) is 53.2 Å². The second-order valence-electron chi connectivity index (χ2n) is 10.4. The average molecular weight is 529 g/mol. The summed E-state index contributed by atoms with van der Waals surface area (Å²) in [6, 6.07) is 11.3. The van der Waals surface area contributed by atoms with Crippen molar-refractivity contribution in [3.63, 3.8) is 0 Å². The number of nitrogens with one attached hydrogen (secondary N) is 2. The first-order valence-electron chi connectivity index (χ1n) is 13.4. The van der Waals surface area contributed by atoms with Crippen molar-refractivity contribution in [1.82, 2.24) is 34.6 Å². The first kappa shape index (κ1) is 25.2. The zero-order chi connectivity index (χ0) is 26.9. The van der Waals surface area contributed by atoms with Crippen molar-refractivity contribution in [2.24, 2.45) is 0 Å². The minimum Gasteiger partial charge on any atom is -0.480 e. The first-order chi connectivity index (χ1) is 19.0. The molecule has 2 atom stereocenters. The lowest BCUT2D eigenvalue weighted by molar-refractivity contribution is -0.146. The van der Waals surface area contributed by atoms with Gasteiger partial charge in [-0.25, -0.2) is 14.2 Å². The molecule has 5 heterocycles. The number of carbonyl (C=O) groups is 2. The van der Waals surface area contributed by atoms with Crippen LogP contribution in [0.5, 0.6) is 0 Å². The Morgan fingerprint density at radius 2 is 1.92 bits per heavy atom. The van der Waals surface area contributed by atoms with Crippen molar-refractivity contribution in [1.29, 1.82) is 0 Å². The van der Waals surface area contributed by atoms with E-state index in [4.69, 9.17) is 5.10 Å². The Morgan fingerprint density at radius 1 is 1.13 bits per heavy atom. The lowest BCUT2D eigenvalue weighted by atomic mass is 9.86. The summed E-state index contributed by atoms with van der Waals surface area (Å²) < 4.78 is 3.28. The van der Waals surface area contributed by atoms with Gasteiger partial charge in [-0.2, -0.15) is 10.2 Å². The molecule has 2 fully saturated rings. The summed E-state index contributed by atoms with van der Waals surface area (Å²) in [6.45, 7) is 4.56. The van der Waals surface area contributed by atoms with Crippen molar-refractivity contribution in [3.8, 4) is 5.69 Å². The van der Waals surface area contributed by atoms with Crippen molar-refractivity contribution in [3.05, 3.63) is 71.8 Å². The Kier molecular flexibility index (Phi) is 6.84. The fourth-order valence-corrected chi connectivity index (χ4v) is 5.81. The van der Waals surface area contributed by atoms with Gasteiger partial charge in [0.25, 0.3) is 5.91 Å². The largest absolute Gasteiger partial charge is 0.480 e. The first-order valence-corrected chi connectivity index (χ1v) is 13.4. The number of hydrogen-bond acceptors (Lipinski definition) is 7. The van der Waals surface area contributed by atoms with Gasteiger partial charge in [0.2, 0.25) is 0 Å². The second-order valence-corrected chi connectivity index (χ2v) is 10.4. The highest BCUT2D eigenvalue weighted by atomic mass is 16.4. The summed E-state index contributed by atoms with van der Waals surface area (Å²) in [4.78, 5) is 32.2. The molecule has 6 rings (SSSR count). The van der Waals surface area contributed by atoms with Crippen LogP contribution in [0.4, 0.5) is 5.82 Å².